The van der Waals surface area contributed by atoms with Gasteiger partial charge in [0.2, 0.25) is 0 Å². The average Bonchev–Trinajstić information content (AvgIpc) is 3.39. The maximum Gasteiger partial charge on any atom is 0.386 e. The minimum Gasteiger partial charge on any atom is -0.366 e. The number of nitrogens with one attached hydrogen (secondary N) is 2. The Bertz CT molecular complexity index is 1390. The van der Waals surface area contributed by atoms with Crippen molar-refractivity contribution in [3.8, 4) is 28.1 Å². The van der Waals surface area contributed by atoms with Crippen LogP contribution in [-0.2, 0) is 0 Å². The molecule has 0 aliphatic carbocycles. The number of hydrogen-bond donors (Lipinski definition) is 2. The van der Waals surface area contributed by atoms with Crippen LogP contribution < -0.4 is 14.9 Å². The van der Waals surface area contributed by atoms with Gasteiger partial charge in [-0.1, -0.05) is 31.0 Å². The Balaban J connectivity index is 0.000000714. The normalized spacial score (nSPS) is 15.3. The van der Waals surface area contributed by atoms with Gasteiger partial charge in [0, 0.05) is 79.3 Å². The fourth-order valence-corrected chi connectivity index (χ4v) is 5.12. The van der Waals surface area contributed by atoms with E-state index in [9.17, 15) is 13.2 Å². The van der Waals surface area contributed by atoms with Gasteiger partial charge in [-0.2, -0.15) is 18.3 Å². The Hall–Kier alpha value is -3.57. The number of benzene rings is 2. The molecular formula is C30H34F4N6S. The zero-order chi connectivity index (χ0) is 29.4. The Morgan fingerprint density at radius 3 is 2.37 bits per heavy atom. The van der Waals surface area contributed by atoms with E-state index in [2.05, 4.69) is 58.0 Å². The van der Waals surface area contributed by atoms with E-state index < -0.39 is 6.18 Å². The molecule has 1 aliphatic heterocycles. The van der Waals surface area contributed by atoms with Gasteiger partial charge in [-0.15, -0.1) is 0 Å². The minimum atomic E-state index is -4.00. The molecular weight excluding hydrogens is 552 g/mol. The van der Waals surface area contributed by atoms with Gasteiger partial charge in [-0.05, 0) is 55.8 Å². The molecule has 5 rings (SSSR count). The molecule has 0 radical (unpaired) electrons. The largest absolute Gasteiger partial charge is 0.386 e. The molecule has 41 heavy (non-hydrogen) atoms. The van der Waals surface area contributed by atoms with Gasteiger partial charge in [0.25, 0.3) is 0 Å². The third-order valence-corrected chi connectivity index (χ3v) is 7.37. The number of anilines is 2. The van der Waals surface area contributed by atoms with E-state index in [1.54, 1.807) is 18.5 Å². The topological polar surface area (TPSA) is 58.0 Å². The highest BCUT2D eigenvalue weighted by atomic mass is 32.2. The molecule has 1 atom stereocenters. The molecule has 1 aliphatic rings. The van der Waals surface area contributed by atoms with Crippen molar-refractivity contribution < 1.29 is 17.6 Å². The van der Waals surface area contributed by atoms with E-state index in [1.807, 2.05) is 35.1 Å². The van der Waals surface area contributed by atoms with Crippen LogP contribution in [0.3, 0.4) is 0 Å². The third kappa shape index (κ3) is 8.23. The first-order valence-corrected chi connectivity index (χ1v) is 14.5. The van der Waals surface area contributed by atoms with Gasteiger partial charge in [-0.3, -0.25) is 4.98 Å². The maximum absolute atomic E-state index is 15.7. The Labute approximate surface area is 242 Å². The van der Waals surface area contributed by atoms with Crippen molar-refractivity contribution in [2.45, 2.75) is 39.4 Å². The van der Waals surface area contributed by atoms with Crippen LogP contribution in [0, 0.1) is 5.82 Å². The highest BCUT2D eigenvalue weighted by molar-refractivity contribution is 8.00. The van der Waals surface area contributed by atoms with E-state index in [-0.39, 0.29) is 12.7 Å². The highest BCUT2D eigenvalue weighted by Gasteiger charge is 2.21. The first-order chi connectivity index (χ1) is 19.7. The SMILES string of the molecule is CC(F)(F)F.CCCSNc1cccc(-c2cn(-c3ccc(N4CCNCC4C)cc3)nc2-c2ccncc2)c1F. The Morgan fingerprint density at radius 1 is 1.02 bits per heavy atom. The van der Waals surface area contributed by atoms with Crippen LogP contribution in [0.15, 0.2) is 73.2 Å². The minimum absolute atomic E-state index is 0.188. The van der Waals surface area contributed by atoms with Crippen LogP contribution in [0.4, 0.5) is 28.9 Å². The van der Waals surface area contributed by atoms with Crippen molar-refractivity contribution in [3.05, 3.63) is 79.0 Å². The van der Waals surface area contributed by atoms with E-state index in [0.29, 0.717) is 17.3 Å². The molecule has 1 saturated heterocycles. The predicted molar refractivity (Wildman–Crippen MR) is 160 cm³/mol. The first kappa shape index (κ1) is 30.4. The van der Waals surface area contributed by atoms with Gasteiger partial charge in [0.05, 0.1) is 11.4 Å². The lowest BCUT2D eigenvalue weighted by Crippen LogP contribution is -2.49. The van der Waals surface area contributed by atoms with Crippen LogP contribution in [-0.4, -0.2) is 52.4 Å². The van der Waals surface area contributed by atoms with Crippen molar-refractivity contribution in [2.24, 2.45) is 0 Å². The molecule has 2 aromatic carbocycles. The van der Waals surface area contributed by atoms with Crippen LogP contribution >= 0.6 is 11.9 Å². The number of nitrogens with zero attached hydrogens (tertiary/aromatic N) is 4. The molecule has 3 heterocycles. The fourth-order valence-electron chi connectivity index (χ4n) is 4.50. The Morgan fingerprint density at radius 2 is 1.71 bits per heavy atom. The molecule has 218 valence electrons. The van der Waals surface area contributed by atoms with Crippen molar-refractivity contribution >= 4 is 23.3 Å². The summed E-state index contributed by atoms with van der Waals surface area (Å²) >= 11 is 1.51. The summed E-state index contributed by atoms with van der Waals surface area (Å²) in [6.45, 7) is 7.48. The maximum atomic E-state index is 15.7. The fraction of sp³-hybridized carbons (Fsp3) is 0.333. The first-order valence-electron chi connectivity index (χ1n) is 13.5. The summed E-state index contributed by atoms with van der Waals surface area (Å²) in [7, 11) is 0. The number of aromatic nitrogens is 3. The summed E-state index contributed by atoms with van der Waals surface area (Å²) in [6, 6.07) is 18.1. The molecule has 0 saturated carbocycles. The lowest BCUT2D eigenvalue weighted by atomic mass is 10.0. The predicted octanol–water partition coefficient (Wildman–Crippen LogP) is 7.58. The quantitative estimate of drug-likeness (QED) is 0.126. The average molecular weight is 587 g/mol. The van der Waals surface area contributed by atoms with Crippen LogP contribution in [0.1, 0.15) is 27.2 Å². The van der Waals surface area contributed by atoms with Crippen molar-refractivity contribution in [1.82, 2.24) is 20.1 Å². The molecule has 1 unspecified atom stereocenters. The van der Waals surface area contributed by atoms with E-state index in [1.165, 1.54) is 17.6 Å². The Kier molecular flexibility index (Phi) is 10.3. The van der Waals surface area contributed by atoms with Crippen LogP contribution in [0.2, 0.25) is 0 Å². The molecule has 0 bridgehead atoms. The summed E-state index contributed by atoms with van der Waals surface area (Å²) < 4.78 is 51.7. The molecule has 6 nitrogen and oxygen atoms in total. The second kappa shape index (κ2) is 13.9. The lowest BCUT2D eigenvalue weighted by Gasteiger charge is -2.36. The van der Waals surface area contributed by atoms with E-state index >= 15 is 4.39 Å². The van der Waals surface area contributed by atoms with Crippen LogP contribution in [0.25, 0.3) is 28.1 Å². The molecule has 4 aromatic rings. The molecule has 1 fully saturated rings. The smallest absolute Gasteiger partial charge is 0.366 e. The van der Waals surface area contributed by atoms with E-state index in [4.69, 9.17) is 5.10 Å². The van der Waals surface area contributed by atoms with Crippen molar-refractivity contribution in [3.63, 3.8) is 0 Å². The van der Waals surface area contributed by atoms with Gasteiger partial charge < -0.3 is 14.9 Å². The summed E-state index contributed by atoms with van der Waals surface area (Å²) in [5.74, 6) is 0.631. The zero-order valence-corrected chi connectivity index (χ0v) is 24.1. The third-order valence-electron chi connectivity index (χ3n) is 6.39. The van der Waals surface area contributed by atoms with E-state index in [0.717, 1.165) is 54.3 Å². The van der Waals surface area contributed by atoms with Gasteiger partial charge >= 0.3 is 6.18 Å². The zero-order valence-electron chi connectivity index (χ0n) is 23.3. The molecule has 0 amide bonds. The molecule has 2 aromatic heterocycles. The van der Waals surface area contributed by atoms with Crippen molar-refractivity contribution in [1.29, 1.82) is 0 Å². The van der Waals surface area contributed by atoms with Gasteiger partial charge in [-0.25, -0.2) is 9.07 Å². The molecule has 11 heteroatoms. The summed E-state index contributed by atoms with van der Waals surface area (Å²) in [5.41, 5.74) is 5.47. The van der Waals surface area contributed by atoms with Gasteiger partial charge in [0.15, 0.2) is 5.82 Å². The van der Waals surface area contributed by atoms with Gasteiger partial charge in [0.1, 0.15) is 5.69 Å². The number of halogens is 4. The number of piperazine rings is 1. The summed E-state index contributed by atoms with van der Waals surface area (Å²) in [6.07, 6.45) is 2.40. The lowest BCUT2D eigenvalue weighted by molar-refractivity contribution is -0.110. The summed E-state index contributed by atoms with van der Waals surface area (Å²) in [5, 5.41) is 8.34. The number of rotatable bonds is 8. The standard InChI is InChI=1S/C28H31FN6S.C2H3F3/c1-3-17-36-33-26-6-4-5-24(27(26)29)25-19-35(32-28(25)21-11-13-30-14-12-21)23-9-7-22(8-10-23)34-16-15-31-18-20(34)2;1-2(3,4)5/h4-14,19-20,31,33H,3,15-18H2,1-2H3;1H3. The monoisotopic (exact) mass is 586 g/mol. The number of hydrogen-bond acceptors (Lipinski definition) is 6. The van der Waals surface area contributed by atoms with Crippen LogP contribution in [0.5, 0.6) is 0 Å². The molecule has 0 spiro atoms. The second-order valence-corrected chi connectivity index (χ2v) is 10.6. The molecule has 2 N–H and O–H groups in total. The second-order valence-electron chi connectivity index (χ2n) is 9.73. The highest BCUT2D eigenvalue weighted by Crippen LogP contribution is 2.36. The summed E-state index contributed by atoms with van der Waals surface area (Å²) in [4.78, 5) is 6.56. The van der Waals surface area contributed by atoms with Crippen molar-refractivity contribution in [2.75, 3.05) is 35.0 Å². The number of pyridine rings is 1. The number of alkyl halides is 3.